The van der Waals surface area contributed by atoms with Gasteiger partial charge in [0.05, 0.1) is 18.4 Å². The molecule has 0 saturated heterocycles. The van der Waals surface area contributed by atoms with Gasteiger partial charge in [-0.05, 0) is 24.3 Å². The smallest absolute Gasteiger partial charge is 0.465 e. The molecule has 0 spiro atoms. The summed E-state index contributed by atoms with van der Waals surface area (Å²) in [6.45, 7) is 0. The van der Waals surface area contributed by atoms with Crippen molar-refractivity contribution in [1.29, 1.82) is 0 Å². The van der Waals surface area contributed by atoms with Gasteiger partial charge in [-0.1, -0.05) is 12.1 Å². The minimum atomic E-state index is -4.75. The fourth-order valence-electron chi connectivity index (χ4n) is 1.66. The number of aromatic nitrogens is 1. The van der Waals surface area contributed by atoms with Crippen LogP contribution >= 0.6 is 0 Å². The first-order valence-electron chi connectivity index (χ1n) is 5.79. The highest BCUT2D eigenvalue weighted by atomic mass is 19.4. The van der Waals surface area contributed by atoms with Gasteiger partial charge in [-0.15, -0.1) is 13.2 Å². The van der Waals surface area contributed by atoms with Crippen molar-refractivity contribution in [2.45, 2.75) is 6.36 Å². The van der Waals surface area contributed by atoms with Crippen LogP contribution in [0.5, 0.6) is 5.75 Å². The van der Waals surface area contributed by atoms with E-state index in [1.165, 1.54) is 43.6 Å². The average molecular weight is 297 g/mol. The number of methoxy groups -OCH3 is 1. The third-order valence-electron chi connectivity index (χ3n) is 2.55. The Balaban J connectivity index is 2.26. The number of carbonyl (C=O) groups excluding carboxylic acids is 1. The SMILES string of the molecule is COC(=O)c1ccc(-c2cccc(OC(F)(F)F)c2)nc1. The van der Waals surface area contributed by atoms with Gasteiger partial charge < -0.3 is 9.47 Å². The molecule has 4 nitrogen and oxygen atoms in total. The summed E-state index contributed by atoms with van der Waals surface area (Å²) in [7, 11) is 1.24. The van der Waals surface area contributed by atoms with Crippen LogP contribution in [0.3, 0.4) is 0 Å². The van der Waals surface area contributed by atoms with Crippen LogP contribution in [0.4, 0.5) is 13.2 Å². The Kier molecular flexibility index (Phi) is 4.11. The maximum absolute atomic E-state index is 12.2. The molecule has 21 heavy (non-hydrogen) atoms. The van der Waals surface area contributed by atoms with Gasteiger partial charge in [0.15, 0.2) is 0 Å². The molecular formula is C14H10F3NO3. The summed E-state index contributed by atoms with van der Waals surface area (Å²) in [6.07, 6.45) is -3.46. The quantitative estimate of drug-likeness (QED) is 0.814. The zero-order valence-corrected chi connectivity index (χ0v) is 10.8. The molecule has 0 saturated carbocycles. The molecule has 1 aromatic heterocycles. The number of alkyl halides is 3. The van der Waals surface area contributed by atoms with Gasteiger partial charge in [0.2, 0.25) is 0 Å². The topological polar surface area (TPSA) is 48.4 Å². The Morgan fingerprint density at radius 1 is 1.19 bits per heavy atom. The van der Waals surface area contributed by atoms with Crippen LogP contribution in [0.25, 0.3) is 11.3 Å². The second kappa shape index (κ2) is 5.82. The Morgan fingerprint density at radius 2 is 1.95 bits per heavy atom. The highest BCUT2D eigenvalue weighted by molar-refractivity contribution is 5.89. The number of hydrogen-bond donors (Lipinski definition) is 0. The van der Waals surface area contributed by atoms with E-state index in [4.69, 9.17) is 0 Å². The van der Waals surface area contributed by atoms with Gasteiger partial charge in [-0.25, -0.2) is 4.79 Å². The highest BCUT2D eigenvalue weighted by Gasteiger charge is 2.31. The fraction of sp³-hybridized carbons (Fsp3) is 0.143. The molecule has 0 amide bonds. The maximum Gasteiger partial charge on any atom is 0.573 e. The van der Waals surface area contributed by atoms with Crippen molar-refractivity contribution < 1.29 is 27.4 Å². The van der Waals surface area contributed by atoms with E-state index in [0.717, 1.165) is 0 Å². The summed E-state index contributed by atoms with van der Waals surface area (Å²) in [4.78, 5) is 15.3. The van der Waals surface area contributed by atoms with Crippen molar-refractivity contribution in [3.8, 4) is 17.0 Å². The third-order valence-corrected chi connectivity index (χ3v) is 2.55. The van der Waals surface area contributed by atoms with E-state index in [1.54, 1.807) is 6.07 Å². The summed E-state index contributed by atoms with van der Waals surface area (Å²) < 4.78 is 44.9. The molecule has 2 aromatic rings. The first kappa shape index (κ1) is 14.8. The molecule has 0 N–H and O–H groups in total. The van der Waals surface area contributed by atoms with Gasteiger partial charge in [-0.2, -0.15) is 0 Å². The van der Waals surface area contributed by atoms with E-state index >= 15 is 0 Å². The summed E-state index contributed by atoms with van der Waals surface area (Å²) in [5.74, 6) is -0.873. The van der Waals surface area contributed by atoms with Crippen LogP contribution in [0.1, 0.15) is 10.4 Å². The Bertz CT molecular complexity index is 639. The van der Waals surface area contributed by atoms with Crippen LogP contribution in [-0.4, -0.2) is 24.4 Å². The molecule has 1 heterocycles. The standard InChI is InChI=1S/C14H10F3NO3/c1-20-13(19)10-5-6-12(18-8-10)9-3-2-4-11(7-9)21-14(15,16)17/h2-8H,1H3. The van der Waals surface area contributed by atoms with Crippen molar-refractivity contribution in [3.05, 3.63) is 48.2 Å². The van der Waals surface area contributed by atoms with Crippen molar-refractivity contribution in [2.24, 2.45) is 0 Å². The molecule has 7 heteroatoms. The van der Waals surface area contributed by atoms with E-state index in [0.29, 0.717) is 11.3 Å². The number of benzene rings is 1. The van der Waals surface area contributed by atoms with E-state index in [9.17, 15) is 18.0 Å². The fourth-order valence-corrected chi connectivity index (χ4v) is 1.66. The second-order valence-corrected chi connectivity index (χ2v) is 4.00. The average Bonchev–Trinajstić information content (AvgIpc) is 2.45. The monoisotopic (exact) mass is 297 g/mol. The van der Waals surface area contributed by atoms with Crippen LogP contribution in [0.2, 0.25) is 0 Å². The first-order chi connectivity index (χ1) is 9.89. The Morgan fingerprint density at radius 3 is 2.52 bits per heavy atom. The highest BCUT2D eigenvalue weighted by Crippen LogP contribution is 2.27. The van der Waals surface area contributed by atoms with Gasteiger partial charge in [0.1, 0.15) is 5.75 Å². The van der Waals surface area contributed by atoms with E-state index < -0.39 is 12.3 Å². The molecule has 0 fully saturated rings. The lowest BCUT2D eigenvalue weighted by Gasteiger charge is -2.10. The van der Waals surface area contributed by atoms with Crippen molar-refractivity contribution >= 4 is 5.97 Å². The number of pyridine rings is 1. The summed E-state index contributed by atoms with van der Waals surface area (Å²) in [5.41, 5.74) is 1.10. The molecule has 0 radical (unpaired) electrons. The number of nitrogens with zero attached hydrogens (tertiary/aromatic N) is 1. The lowest BCUT2D eigenvalue weighted by atomic mass is 10.1. The molecular weight excluding hydrogens is 287 g/mol. The van der Waals surface area contributed by atoms with Crippen molar-refractivity contribution in [2.75, 3.05) is 7.11 Å². The van der Waals surface area contributed by atoms with Crippen molar-refractivity contribution in [1.82, 2.24) is 4.98 Å². The normalized spacial score (nSPS) is 11.0. The Hall–Kier alpha value is -2.57. The number of esters is 1. The lowest BCUT2D eigenvalue weighted by molar-refractivity contribution is -0.274. The minimum absolute atomic E-state index is 0.254. The minimum Gasteiger partial charge on any atom is -0.465 e. The van der Waals surface area contributed by atoms with Gasteiger partial charge in [-0.3, -0.25) is 4.98 Å². The molecule has 0 aliphatic carbocycles. The van der Waals surface area contributed by atoms with Gasteiger partial charge >= 0.3 is 12.3 Å². The molecule has 0 unspecified atom stereocenters. The van der Waals surface area contributed by atoms with E-state index in [1.807, 2.05) is 0 Å². The number of halogens is 3. The van der Waals surface area contributed by atoms with Crippen LogP contribution in [0.15, 0.2) is 42.6 Å². The molecule has 0 aliphatic heterocycles. The predicted octanol–water partition coefficient (Wildman–Crippen LogP) is 3.43. The number of ether oxygens (including phenoxy) is 2. The van der Waals surface area contributed by atoms with Crippen LogP contribution in [0, 0.1) is 0 Å². The predicted molar refractivity (Wildman–Crippen MR) is 67.7 cm³/mol. The van der Waals surface area contributed by atoms with E-state index in [-0.39, 0.29) is 11.3 Å². The molecule has 0 bridgehead atoms. The lowest BCUT2D eigenvalue weighted by Crippen LogP contribution is -2.17. The van der Waals surface area contributed by atoms with Crippen LogP contribution in [-0.2, 0) is 4.74 Å². The Labute approximate surface area is 118 Å². The summed E-state index contributed by atoms with van der Waals surface area (Å²) >= 11 is 0. The first-order valence-corrected chi connectivity index (χ1v) is 5.79. The second-order valence-electron chi connectivity index (χ2n) is 4.00. The zero-order valence-electron chi connectivity index (χ0n) is 10.8. The van der Waals surface area contributed by atoms with Gasteiger partial charge in [0, 0.05) is 11.8 Å². The molecule has 2 rings (SSSR count). The van der Waals surface area contributed by atoms with E-state index in [2.05, 4.69) is 14.5 Å². The molecule has 0 aliphatic rings. The van der Waals surface area contributed by atoms with Gasteiger partial charge in [0.25, 0.3) is 0 Å². The summed E-state index contributed by atoms with van der Waals surface area (Å²) in [5, 5.41) is 0. The number of carbonyl (C=O) groups is 1. The number of rotatable bonds is 3. The third kappa shape index (κ3) is 3.95. The maximum atomic E-state index is 12.2. The summed E-state index contributed by atoms with van der Waals surface area (Å²) in [6, 6.07) is 8.41. The van der Waals surface area contributed by atoms with Crippen molar-refractivity contribution in [3.63, 3.8) is 0 Å². The number of hydrogen-bond acceptors (Lipinski definition) is 4. The molecule has 1 aromatic carbocycles. The van der Waals surface area contributed by atoms with Crippen LogP contribution < -0.4 is 4.74 Å². The molecule has 110 valence electrons. The zero-order chi connectivity index (χ0) is 15.5. The largest absolute Gasteiger partial charge is 0.573 e. The molecule has 0 atom stereocenters.